The summed E-state index contributed by atoms with van der Waals surface area (Å²) in [4.78, 5) is 12.1. The third-order valence-corrected chi connectivity index (χ3v) is 3.79. The van der Waals surface area contributed by atoms with Crippen LogP contribution in [0.1, 0.15) is 48.8 Å². The molecule has 3 nitrogen and oxygen atoms in total. The molecule has 4 heteroatoms. The average molecular weight is 225 g/mol. The minimum absolute atomic E-state index is 0.00598. The largest absolute Gasteiger partial charge is 0.388 e. The minimum Gasteiger partial charge on any atom is -0.388 e. The molecule has 0 fully saturated rings. The first-order chi connectivity index (χ1) is 7.18. The second-order valence-electron chi connectivity index (χ2n) is 3.94. The number of hydrogen-bond donors (Lipinski definition) is 2. The van der Waals surface area contributed by atoms with Gasteiger partial charge in [-0.15, -0.1) is 11.3 Å². The Kier molecular flexibility index (Phi) is 3.07. The molecular formula is C11H15NO2S. The van der Waals surface area contributed by atoms with Crippen molar-refractivity contribution >= 4 is 17.2 Å². The first kappa shape index (κ1) is 10.6. The fraction of sp³-hybridized carbons (Fsp3) is 0.545. The molecule has 1 heterocycles. The molecule has 0 saturated heterocycles. The van der Waals surface area contributed by atoms with Crippen LogP contribution in [0, 0.1) is 0 Å². The smallest absolute Gasteiger partial charge is 0.217 e. The van der Waals surface area contributed by atoms with Gasteiger partial charge in [0.1, 0.15) is 0 Å². The molecule has 15 heavy (non-hydrogen) atoms. The summed E-state index contributed by atoms with van der Waals surface area (Å²) in [7, 11) is 0. The number of nitrogens with one attached hydrogen (secondary N) is 1. The van der Waals surface area contributed by atoms with Crippen molar-refractivity contribution in [2.45, 2.75) is 38.3 Å². The zero-order chi connectivity index (χ0) is 10.8. The van der Waals surface area contributed by atoms with Gasteiger partial charge in [-0.1, -0.05) is 0 Å². The summed E-state index contributed by atoms with van der Waals surface area (Å²) in [5, 5.41) is 14.8. The van der Waals surface area contributed by atoms with Crippen molar-refractivity contribution in [2.24, 2.45) is 0 Å². The van der Waals surface area contributed by atoms with E-state index in [0.29, 0.717) is 0 Å². The Morgan fingerprint density at radius 1 is 1.60 bits per heavy atom. The van der Waals surface area contributed by atoms with Gasteiger partial charge in [-0.25, -0.2) is 0 Å². The standard InChI is InChI=1S/C11H15NO2S/c1-7(13)12-9-3-2-4-10(14)11-8(9)5-6-15-11/h5-6,9-10,14H,2-4H2,1H3,(H,12,13)/t9-,10+/m1/s1. The van der Waals surface area contributed by atoms with E-state index in [4.69, 9.17) is 0 Å². The Morgan fingerprint density at radius 2 is 2.40 bits per heavy atom. The molecule has 1 aliphatic rings. The molecule has 0 spiro atoms. The van der Waals surface area contributed by atoms with Crippen LogP contribution in [0.2, 0.25) is 0 Å². The number of carbonyl (C=O) groups is 1. The van der Waals surface area contributed by atoms with Gasteiger partial charge in [-0.3, -0.25) is 4.79 Å². The van der Waals surface area contributed by atoms with E-state index in [2.05, 4.69) is 5.32 Å². The Balaban J connectivity index is 2.27. The number of aliphatic hydroxyl groups excluding tert-OH is 1. The number of hydrogen-bond acceptors (Lipinski definition) is 3. The highest BCUT2D eigenvalue weighted by molar-refractivity contribution is 7.10. The lowest BCUT2D eigenvalue weighted by atomic mass is 10.1. The summed E-state index contributed by atoms with van der Waals surface area (Å²) >= 11 is 1.58. The maximum atomic E-state index is 11.1. The fourth-order valence-electron chi connectivity index (χ4n) is 2.09. The summed E-state index contributed by atoms with van der Waals surface area (Å²) in [6, 6.07) is 2.09. The first-order valence-electron chi connectivity index (χ1n) is 5.21. The summed E-state index contributed by atoms with van der Waals surface area (Å²) in [6.45, 7) is 1.54. The van der Waals surface area contributed by atoms with Gasteiger partial charge in [-0.05, 0) is 36.3 Å². The normalized spacial score (nSPS) is 25.5. The maximum absolute atomic E-state index is 11.1. The van der Waals surface area contributed by atoms with E-state index in [1.165, 1.54) is 6.92 Å². The molecule has 82 valence electrons. The number of rotatable bonds is 1. The monoisotopic (exact) mass is 225 g/mol. The quantitative estimate of drug-likeness (QED) is 0.719. The van der Waals surface area contributed by atoms with E-state index >= 15 is 0 Å². The van der Waals surface area contributed by atoms with E-state index in [1.807, 2.05) is 11.4 Å². The van der Waals surface area contributed by atoms with Crippen LogP contribution < -0.4 is 5.32 Å². The predicted molar refractivity (Wildman–Crippen MR) is 59.7 cm³/mol. The molecule has 0 bridgehead atoms. The van der Waals surface area contributed by atoms with Crippen molar-refractivity contribution in [3.05, 3.63) is 21.9 Å². The van der Waals surface area contributed by atoms with E-state index in [-0.39, 0.29) is 18.1 Å². The molecule has 0 radical (unpaired) electrons. The van der Waals surface area contributed by atoms with Crippen molar-refractivity contribution in [3.8, 4) is 0 Å². The topological polar surface area (TPSA) is 49.3 Å². The van der Waals surface area contributed by atoms with Crippen LogP contribution in [-0.4, -0.2) is 11.0 Å². The molecule has 0 aromatic carbocycles. The SMILES string of the molecule is CC(=O)N[C@@H]1CCC[C@H](O)c2sccc21. The zero-order valence-electron chi connectivity index (χ0n) is 8.69. The number of thiophene rings is 1. The third-order valence-electron chi connectivity index (χ3n) is 2.75. The first-order valence-corrected chi connectivity index (χ1v) is 6.09. The highest BCUT2D eigenvalue weighted by Crippen LogP contribution is 2.37. The van der Waals surface area contributed by atoms with Gasteiger partial charge in [0.05, 0.1) is 12.1 Å². The van der Waals surface area contributed by atoms with Gasteiger partial charge >= 0.3 is 0 Å². The molecule has 0 unspecified atom stereocenters. The van der Waals surface area contributed by atoms with Gasteiger partial charge in [0.15, 0.2) is 0 Å². The van der Waals surface area contributed by atoms with Gasteiger partial charge in [0.2, 0.25) is 5.91 Å². The van der Waals surface area contributed by atoms with Crippen LogP contribution in [0.5, 0.6) is 0 Å². The Labute approximate surface area is 93.1 Å². The minimum atomic E-state index is -0.348. The fourth-order valence-corrected chi connectivity index (χ4v) is 3.07. The van der Waals surface area contributed by atoms with Gasteiger partial charge in [-0.2, -0.15) is 0 Å². The summed E-state index contributed by atoms with van der Waals surface area (Å²) in [6.07, 6.45) is 2.32. The van der Waals surface area contributed by atoms with Gasteiger partial charge in [0.25, 0.3) is 0 Å². The lowest BCUT2D eigenvalue weighted by Crippen LogP contribution is -2.25. The van der Waals surface area contributed by atoms with E-state index < -0.39 is 0 Å². The second kappa shape index (κ2) is 4.33. The summed E-state index contributed by atoms with van der Waals surface area (Å²) in [5.74, 6) is -0.00598. The van der Waals surface area contributed by atoms with Crippen molar-refractivity contribution in [2.75, 3.05) is 0 Å². The number of fused-ring (bicyclic) bond motifs is 1. The molecule has 2 rings (SSSR count). The van der Waals surface area contributed by atoms with Crippen molar-refractivity contribution in [1.29, 1.82) is 0 Å². The lowest BCUT2D eigenvalue weighted by molar-refractivity contribution is -0.119. The van der Waals surface area contributed by atoms with Crippen molar-refractivity contribution in [1.82, 2.24) is 5.32 Å². The average Bonchev–Trinajstić information content (AvgIpc) is 2.59. The molecule has 1 aromatic rings. The number of carbonyl (C=O) groups excluding carboxylic acids is 1. The van der Waals surface area contributed by atoms with Crippen LogP contribution in [-0.2, 0) is 4.79 Å². The summed E-state index contributed by atoms with van der Waals surface area (Å²) < 4.78 is 0. The molecular weight excluding hydrogens is 210 g/mol. The van der Waals surface area contributed by atoms with Crippen LogP contribution in [0.3, 0.4) is 0 Å². The van der Waals surface area contributed by atoms with Gasteiger partial charge in [0, 0.05) is 11.8 Å². The van der Waals surface area contributed by atoms with Crippen molar-refractivity contribution in [3.63, 3.8) is 0 Å². The molecule has 1 amide bonds. The molecule has 0 saturated carbocycles. The Bertz CT molecular complexity index is 361. The third kappa shape index (κ3) is 2.21. The van der Waals surface area contributed by atoms with Gasteiger partial charge < -0.3 is 10.4 Å². The van der Waals surface area contributed by atoms with Crippen molar-refractivity contribution < 1.29 is 9.90 Å². The Morgan fingerprint density at radius 3 is 3.13 bits per heavy atom. The Hall–Kier alpha value is -0.870. The number of amides is 1. The zero-order valence-corrected chi connectivity index (χ0v) is 9.51. The maximum Gasteiger partial charge on any atom is 0.217 e. The number of aliphatic hydroxyl groups is 1. The lowest BCUT2D eigenvalue weighted by Gasteiger charge is -2.15. The molecule has 2 N–H and O–H groups in total. The predicted octanol–water partition coefficient (Wildman–Crippen LogP) is 2.14. The van der Waals surface area contributed by atoms with Crippen LogP contribution >= 0.6 is 11.3 Å². The molecule has 1 aliphatic carbocycles. The summed E-state index contributed by atoms with van der Waals surface area (Å²) in [5.41, 5.74) is 1.10. The van der Waals surface area contributed by atoms with E-state index in [0.717, 1.165) is 29.7 Å². The van der Waals surface area contributed by atoms with Crippen LogP contribution in [0.4, 0.5) is 0 Å². The van der Waals surface area contributed by atoms with E-state index in [9.17, 15) is 9.90 Å². The second-order valence-corrected chi connectivity index (χ2v) is 4.89. The molecule has 0 aliphatic heterocycles. The molecule has 2 atom stereocenters. The van der Waals surface area contributed by atoms with Crippen LogP contribution in [0.25, 0.3) is 0 Å². The molecule has 1 aromatic heterocycles. The van der Waals surface area contributed by atoms with E-state index in [1.54, 1.807) is 11.3 Å². The highest BCUT2D eigenvalue weighted by atomic mass is 32.1. The highest BCUT2D eigenvalue weighted by Gasteiger charge is 2.24. The van der Waals surface area contributed by atoms with Crippen LogP contribution in [0.15, 0.2) is 11.4 Å².